The Bertz CT molecular complexity index is 958. The summed E-state index contributed by atoms with van der Waals surface area (Å²) >= 11 is 0. The Hall–Kier alpha value is -3.35. The molecule has 30 heavy (non-hydrogen) atoms. The second-order valence-electron chi connectivity index (χ2n) is 7.67. The van der Waals surface area contributed by atoms with Crippen molar-refractivity contribution in [2.45, 2.75) is 32.4 Å². The average Bonchev–Trinajstić information content (AvgIpc) is 3.11. The first kappa shape index (κ1) is 19.9. The van der Waals surface area contributed by atoms with Crippen LogP contribution in [0.5, 0.6) is 5.75 Å². The first-order valence-corrected chi connectivity index (χ1v) is 10.3. The summed E-state index contributed by atoms with van der Waals surface area (Å²) in [5.74, 6) is 1.54. The number of rotatable bonds is 8. The Balaban J connectivity index is 1.19. The molecule has 1 N–H and O–H groups in total. The highest BCUT2D eigenvalue weighted by Gasteiger charge is 2.29. The van der Waals surface area contributed by atoms with Crippen molar-refractivity contribution in [2.24, 2.45) is 4.99 Å². The summed E-state index contributed by atoms with van der Waals surface area (Å²) in [7, 11) is 1.84. The third kappa shape index (κ3) is 4.79. The lowest BCUT2D eigenvalue weighted by atomic mass is 10.1. The topological polar surface area (TPSA) is 74.2 Å². The predicted molar refractivity (Wildman–Crippen MR) is 114 cm³/mol. The Labute approximate surface area is 176 Å². The summed E-state index contributed by atoms with van der Waals surface area (Å²) in [5.41, 5.74) is 3.04. The lowest BCUT2D eigenvalue weighted by Gasteiger charge is -2.23. The van der Waals surface area contributed by atoms with Gasteiger partial charge < -0.3 is 14.5 Å². The standard InChI is InChI=1S/C23H26N4O3/c1-26(14-17-7-3-2-4-8-17)22(29)9-5-6-12-30-19-10-11-20-18(13-19)15-27-16-21(28)25-23(27)24-20/h2-4,7-8,10-11,13H,5-6,9,12,14-16H2,1H3,(H,24,25,28). The zero-order valence-electron chi connectivity index (χ0n) is 17.1. The quantitative estimate of drug-likeness (QED) is 0.684. The van der Waals surface area contributed by atoms with Gasteiger partial charge >= 0.3 is 0 Å². The van der Waals surface area contributed by atoms with E-state index >= 15 is 0 Å². The average molecular weight is 406 g/mol. The molecule has 7 nitrogen and oxygen atoms in total. The van der Waals surface area contributed by atoms with Crippen molar-refractivity contribution in [1.29, 1.82) is 0 Å². The van der Waals surface area contributed by atoms with Crippen molar-refractivity contribution < 1.29 is 14.3 Å². The van der Waals surface area contributed by atoms with Gasteiger partial charge in [-0.1, -0.05) is 30.3 Å². The molecule has 2 aliphatic rings. The number of nitrogens with one attached hydrogen (secondary N) is 1. The lowest BCUT2D eigenvalue weighted by molar-refractivity contribution is -0.130. The van der Waals surface area contributed by atoms with Crippen molar-refractivity contribution in [1.82, 2.24) is 15.1 Å². The second kappa shape index (κ2) is 8.98. The number of hydrogen-bond acceptors (Lipinski definition) is 5. The van der Waals surface area contributed by atoms with Crippen molar-refractivity contribution in [3.63, 3.8) is 0 Å². The predicted octanol–water partition coefficient (Wildman–Crippen LogP) is 2.83. The molecule has 7 heteroatoms. The molecule has 156 valence electrons. The van der Waals surface area contributed by atoms with Crippen LogP contribution in [0.2, 0.25) is 0 Å². The molecule has 1 fully saturated rings. The van der Waals surface area contributed by atoms with Gasteiger partial charge in [0.05, 0.1) is 12.3 Å². The molecule has 0 spiro atoms. The maximum absolute atomic E-state index is 12.3. The van der Waals surface area contributed by atoms with E-state index in [2.05, 4.69) is 10.3 Å². The van der Waals surface area contributed by atoms with E-state index in [9.17, 15) is 9.59 Å². The van der Waals surface area contributed by atoms with Gasteiger partial charge in [-0.2, -0.15) is 0 Å². The van der Waals surface area contributed by atoms with E-state index in [1.807, 2.05) is 60.5 Å². The Kier molecular flexibility index (Phi) is 5.97. The number of carbonyl (C=O) groups excluding carboxylic acids is 2. The van der Waals surface area contributed by atoms with Crippen LogP contribution >= 0.6 is 0 Å². The Morgan fingerprint density at radius 1 is 1.17 bits per heavy atom. The molecule has 0 aromatic heterocycles. The van der Waals surface area contributed by atoms with E-state index in [1.54, 1.807) is 4.90 Å². The molecule has 0 radical (unpaired) electrons. The van der Waals surface area contributed by atoms with Gasteiger partial charge in [0.15, 0.2) is 0 Å². The fourth-order valence-electron chi connectivity index (χ4n) is 3.63. The van der Waals surface area contributed by atoms with E-state index in [0.29, 0.717) is 38.6 Å². The number of nitrogens with zero attached hydrogens (tertiary/aromatic N) is 3. The fraction of sp³-hybridized carbons (Fsp3) is 0.348. The van der Waals surface area contributed by atoms with Gasteiger partial charge in [0, 0.05) is 32.1 Å². The van der Waals surface area contributed by atoms with Crippen molar-refractivity contribution in [3.05, 3.63) is 59.7 Å². The number of amides is 2. The third-order valence-corrected chi connectivity index (χ3v) is 5.27. The zero-order chi connectivity index (χ0) is 20.9. The molecule has 2 aromatic carbocycles. The molecule has 1 saturated heterocycles. The van der Waals surface area contributed by atoms with E-state index in [-0.39, 0.29) is 11.8 Å². The van der Waals surface area contributed by atoms with E-state index < -0.39 is 0 Å². The lowest BCUT2D eigenvalue weighted by Crippen LogP contribution is -2.31. The number of fused-ring (bicyclic) bond motifs is 2. The van der Waals surface area contributed by atoms with Gasteiger partial charge in [-0.05, 0) is 36.6 Å². The van der Waals surface area contributed by atoms with Crippen LogP contribution in [0.1, 0.15) is 30.4 Å². The van der Waals surface area contributed by atoms with Crippen LogP contribution in [-0.4, -0.2) is 47.8 Å². The molecule has 2 amide bonds. The first-order valence-electron chi connectivity index (χ1n) is 10.3. The number of guanidine groups is 1. The van der Waals surface area contributed by atoms with Gasteiger partial charge in [0.2, 0.25) is 17.8 Å². The van der Waals surface area contributed by atoms with Crippen LogP contribution < -0.4 is 10.1 Å². The van der Waals surface area contributed by atoms with Crippen molar-refractivity contribution in [2.75, 3.05) is 20.2 Å². The van der Waals surface area contributed by atoms with Crippen LogP contribution in [0.25, 0.3) is 0 Å². The minimum absolute atomic E-state index is 0.0259. The number of benzene rings is 2. The molecule has 0 bridgehead atoms. The molecule has 2 heterocycles. The largest absolute Gasteiger partial charge is 0.494 e. The van der Waals surface area contributed by atoms with Gasteiger partial charge in [-0.15, -0.1) is 0 Å². The molecule has 0 atom stereocenters. The van der Waals surface area contributed by atoms with E-state index in [0.717, 1.165) is 35.4 Å². The van der Waals surface area contributed by atoms with Crippen LogP contribution in [0.3, 0.4) is 0 Å². The number of ether oxygens (including phenoxy) is 1. The normalized spacial score (nSPS) is 14.5. The highest BCUT2D eigenvalue weighted by atomic mass is 16.5. The van der Waals surface area contributed by atoms with Gasteiger partial charge in [0.1, 0.15) is 12.3 Å². The summed E-state index contributed by atoms with van der Waals surface area (Å²) in [5, 5.41) is 2.76. The molecule has 0 unspecified atom stereocenters. The highest BCUT2D eigenvalue weighted by molar-refractivity contribution is 6.05. The monoisotopic (exact) mass is 406 g/mol. The molecular weight excluding hydrogens is 380 g/mol. The molecule has 0 saturated carbocycles. The van der Waals surface area contributed by atoms with Crippen LogP contribution in [0, 0.1) is 0 Å². The van der Waals surface area contributed by atoms with Crippen LogP contribution in [0.4, 0.5) is 5.69 Å². The number of hydrogen-bond donors (Lipinski definition) is 1. The smallest absolute Gasteiger partial charge is 0.246 e. The minimum atomic E-state index is -0.0259. The summed E-state index contributed by atoms with van der Waals surface area (Å²) < 4.78 is 5.87. The second-order valence-corrected chi connectivity index (χ2v) is 7.67. The van der Waals surface area contributed by atoms with E-state index in [1.165, 1.54) is 0 Å². The highest BCUT2D eigenvalue weighted by Crippen LogP contribution is 2.30. The SMILES string of the molecule is CN(Cc1ccccc1)C(=O)CCCCOc1ccc2c(c1)CN1CC(=O)NC1=N2. The van der Waals surface area contributed by atoms with E-state index in [4.69, 9.17) is 4.74 Å². The maximum Gasteiger partial charge on any atom is 0.246 e. The number of unbranched alkanes of at least 4 members (excludes halogenated alkanes) is 1. The third-order valence-electron chi connectivity index (χ3n) is 5.27. The van der Waals surface area contributed by atoms with Crippen molar-refractivity contribution in [3.8, 4) is 5.75 Å². The maximum atomic E-state index is 12.3. The minimum Gasteiger partial charge on any atom is -0.494 e. The zero-order valence-corrected chi connectivity index (χ0v) is 17.1. The molecular formula is C23H26N4O3. The molecule has 4 rings (SSSR count). The van der Waals surface area contributed by atoms with Gasteiger partial charge in [-0.3, -0.25) is 14.9 Å². The summed E-state index contributed by atoms with van der Waals surface area (Å²) in [4.78, 5) is 32.0. The molecule has 2 aromatic rings. The van der Waals surface area contributed by atoms with Gasteiger partial charge in [-0.25, -0.2) is 4.99 Å². The van der Waals surface area contributed by atoms with Crippen molar-refractivity contribution >= 4 is 23.5 Å². The molecule has 2 aliphatic heterocycles. The number of aliphatic imine (C=N–C) groups is 1. The fourth-order valence-corrected chi connectivity index (χ4v) is 3.63. The van der Waals surface area contributed by atoms with Crippen LogP contribution in [-0.2, 0) is 22.7 Å². The summed E-state index contributed by atoms with van der Waals surface area (Å²) in [6, 6.07) is 15.8. The first-order chi connectivity index (χ1) is 14.6. The summed E-state index contributed by atoms with van der Waals surface area (Å²) in [6.45, 7) is 2.18. The number of carbonyl (C=O) groups is 2. The molecule has 0 aliphatic carbocycles. The Morgan fingerprint density at radius 3 is 2.83 bits per heavy atom. The van der Waals surface area contributed by atoms with Crippen LogP contribution in [0.15, 0.2) is 53.5 Å². The van der Waals surface area contributed by atoms with Gasteiger partial charge in [0.25, 0.3) is 0 Å². The summed E-state index contributed by atoms with van der Waals surface area (Å²) in [6.07, 6.45) is 2.12. The Morgan fingerprint density at radius 2 is 2.00 bits per heavy atom.